The highest BCUT2D eigenvalue weighted by Gasteiger charge is 2.42. The van der Waals surface area contributed by atoms with Gasteiger partial charge in [-0.25, -0.2) is 9.59 Å². The van der Waals surface area contributed by atoms with Gasteiger partial charge in [-0.2, -0.15) is 0 Å². The molecular weight excluding hydrogens is 483 g/mol. The van der Waals surface area contributed by atoms with Crippen LogP contribution in [-0.2, 0) is 11.3 Å². The van der Waals surface area contributed by atoms with E-state index in [0.717, 1.165) is 36.8 Å². The van der Waals surface area contributed by atoms with Crippen LogP contribution in [0.4, 0.5) is 4.79 Å². The fourth-order valence-electron chi connectivity index (χ4n) is 4.78. The van der Waals surface area contributed by atoms with E-state index in [1.54, 1.807) is 30.3 Å². The minimum absolute atomic E-state index is 0.168. The van der Waals surface area contributed by atoms with E-state index in [4.69, 9.17) is 27.9 Å². The maximum Gasteiger partial charge on any atom is 0.337 e. The average molecular weight is 511 g/mol. The SMILES string of the molecule is COC(=O)c1ccc(CNC(=O)NC2(C3=CCCCC3)C=CC=CC2c2cc(Cl)cc(Cl)c2)cc1. The maximum atomic E-state index is 13.2. The highest BCUT2D eigenvalue weighted by Crippen LogP contribution is 2.43. The Morgan fingerprint density at radius 3 is 2.46 bits per heavy atom. The Labute approximate surface area is 215 Å². The van der Waals surface area contributed by atoms with Crippen LogP contribution >= 0.6 is 23.2 Å². The summed E-state index contributed by atoms with van der Waals surface area (Å²) in [4.78, 5) is 24.9. The van der Waals surface area contributed by atoms with E-state index in [1.165, 1.54) is 12.7 Å². The van der Waals surface area contributed by atoms with E-state index in [-0.39, 0.29) is 11.9 Å². The molecule has 2 aromatic rings. The fourth-order valence-corrected chi connectivity index (χ4v) is 5.32. The van der Waals surface area contributed by atoms with Crippen LogP contribution < -0.4 is 10.6 Å². The van der Waals surface area contributed by atoms with Gasteiger partial charge in [0.05, 0.1) is 18.2 Å². The van der Waals surface area contributed by atoms with E-state index in [2.05, 4.69) is 28.9 Å². The first-order valence-corrected chi connectivity index (χ1v) is 12.4. The van der Waals surface area contributed by atoms with Crippen LogP contribution in [0.2, 0.25) is 10.0 Å². The van der Waals surface area contributed by atoms with Gasteiger partial charge in [-0.05, 0) is 72.7 Å². The number of amides is 2. The molecule has 182 valence electrons. The standard InChI is InChI=1S/C28H28Cl2N2O3/c1-35-26(33)20-12-10-19(11-13-20)18-31-27(34)32-28(22-7-3-2-4-8-22)14-6-5-9-25(28)21-15-23(29)17-24(30)16-21/h5-7,9-17,25H,2-4,8,18H2,1H3,(H2,31,32,34). The Kier molecular flexibility index (Phi) is 7.99. The molecule has 0 heterocycles. The Hall–Kier alpha value is -3.02. The second kappa shape index (κ2) is 11.1. The van der Waals surface area contributed by atoms with Gasteiger partial charge in [0.25, 0.3) is 0 Å². The molecule has 7 heteroatoms. The van der Waals surface area contributed by atoms with Crippen molar-refractivity contribution in [3.05, 3.63) is 105 Å². The number of benzene rings is 2. The van der Waals surface area contributed by atoms with Crippen molar-refractivity contribution < 1.29 is 14.3 Å². The zero-order valence-electron chi connectivity index (χ0n) is 19.5. The van der Waals surface area contributed by atoms with Crippen molar-refractivity contribution in [3.8, 4) is 0 Å². The number of hydrogen-bond acceptors (Lipinski definition) is 3. The lowest BCUT2D eigenvalue weighted by Crippen LogP contribution is -2.56. The third kappa shape index (κ3) is 5.80. The molecule has 35 heavy (non-hydrogen) atoms. The van der Waals surface area contributed by atoms with Crippen LogP contribution in [0.1, 0.15) is 53.1 Å². The lowest BCUT2D eigenvalue weighted by atomic mass is 9.69. The van der Waals surface area contributed by atoms with Crippen molar-refractivity contribution in [2.45, 2.75) is 43.7 Å². The number of nitrogens with one attached hydrogen (secondary N) is 2. The molecule has 2 aliphatic rings. The summed E-state index contributed by atoms with van der Waals surface area (Å²) in [5, 5.41) is 7.36. The summed E-state index contributed by atoms with van der Waals surface area (Å²) in [5.41, 5.74) is 2.72. The molecule has 2 amide bonds. The van der Waals surface area contributed by atoms with Crippen molar-refractivity contribution in [1.82, 2.24) is 10.6 Å². The number of rotatable bonds is 6. The summed E-state index contributed by atoms with van der Waals surface area (Å²) < 4.78 is 4.74. The van der Waals surface area contributed by atoms with Crippen LogP contribution in [0.15, 0.2) is 78.4 Å². The van der Waals surface area contributed by atoms with Gasteiger partial charge in [0.2, 0.25) is 0 Å². The third-order valence-corrected chi connectivity index (χ3v) is 6.92. The van der Waals surface area contributed by atoms with Crippen molar-refractivity contribution in [1.29, 1.82) is 0 Å². The van der Waals surface area contributed by atoms with Gasteiger partial charge in [0, 0.05) is 22.5 Å². The number of carbonyl (C=O) groups excluding carboxylic acids is 2. The van der Waals surface area contributed by atoms with E-state index < -0.39 is 11.5 Å². The van der Waals surface area contributed by atoms with Gasteiger partial charge in [0.15, 0.2) is 0 Å². The molecule has 0 bridgehead atoms. The van der Waals surface area contributed by atoms with E-state index in [0.29, 0.717) is 22.2 Å². The molecule has 2 atom stereocenters. The number of ether oxygens (including phenoxy) is 1. The molecule has 0 radical (unpaired) electrons. The number of allylic oxidation sites excluding steroid dienone is 3. The fraction of sp³-hybridized carbons (Fsp3) is 0.286. The predicted octanol–water partition coefficient (Wildman–Crippen LogP) is 6.73. The average Bonchev–Trinajstić information content (AvgIpc) is 2.87. The molecular formula is C28H28Cl2N2O3. The first-order valence-electron chi connectivity index (χ1n) is 11.7. The first-order chi connectivity index (χ1) is 16.9. The van der Waals surface area contributed by atoms with Gasteiger partial charge in [0.1, 0.15) is 0 Å². The number of urea groups is 1. The largest absolute Gasteiger partial charge is 0.465 e. The highest BCUT2D eigenvalue weighted by atomic mass is 35.5. The first kappa shape index (κ1) is 25.1. The Bertz CT molecular complexity index is 1170. The van der Waals surface area contributed by atoms with Gasteiger partial charge in [-0.15, -0.1) is 0 Å². The normalized spacial score (nSPS) is 21.2. The lowest BCUT2D eigenvalue weighted by Gasteiger charge is -2.43. The molecule has 0 aliphatic heterocycles. The molecule has 4 rings (SSSR count). The summed E-state index contributed by atoms with van der Waals surface area (Å²) >= 11 is 12.7. The molecule has 0 saturated carbocycles. The minimum atomic E-state index is -0.734. The van der Waals surface area contributed by atoms with Crippen molar-refractivity contribution in [2.24, 2.45) is 0 Å². The highest BCUT2D eigenvalue weighted by molar-refractivity contribution is 6.34. The molecule has 0 saturated heterocycles. The smallest absolute Gasteiger partial charge is 0.337 e. The number of esters is 1. The zero-order chi connectivity index (χ0) is 24.8. The summed E-state index contributed by atoms with van der Waals surface area (Å²) in [5.74, 6) is -0.563. The van der Waals surface area contributed by atoms with Crippen molar-refractivity contribution in [2.75, 3.05) is 7.11 Å². The molecule has 5 nitrogen and oxygen atoms in total. The molecule has 0 spiro atoms. The molecule has 2 aromatic carbocycles. The van der Waals surface area contributed by atoms with E-state index in [1.807, 2.05) is 24.3 Å². The quantitative estimate of drug-likeness (QED) is 0.334. The molecule has 2 N–H and O–H groups in total. The summed E-state index contributed by atoms with van der Waals surface area (Å²) in [6.45, 7) is 0.315. The Balaban J connectivity index is 1.58. The van der Waals surface area contributed by atoms with Gasteiger partial charge in [-0.1, -0.05) is 65.7 Å². The number of halogens is 2. The minimum Gasteiger partial charge on any atom is -0.465 e. The summed E-state index contributed by atoms with van der Waals surface area (Å²) in [6, 6.07) is 12.2. The monoisotopic (exact) mass is 510 g/mol. The maximum absolute atomic E-state index is 13.2. The van der Waals surface area contributed by atoms with Gasteiger partial charge >= 0.3 is 12.0 Å². The van der Waals surface area contributed by atoms with Crippen molar-refractivity contribution in [3.63, 3.8) is 0 Å². The van der Waals surface area contributed by atoms with E-state index >= 15 is 0 Å². The molecule has 0 fully saturated rings. The Morgan fingerprint density at radius 1 is 1.06 bits per heavy atom. The topological polar surface area (TPSA) is 67.4 Å². The summed E-state index contributed by atoms with van der Waals surface area (Å²) in [7, 11) is 1.35. The number of hydrogen-bond donors (Lipinski definition) is 2. The van der Waals surface area contributed by atoms with Crippen LogP contribution in [0.25, 0.3) is 0 Å². The number of carbonyl (C=O) groups is 2. The molecule has 0 aromatic heterocycles. The second-order valence-electron chi connectivity index (χ2n) is 8.76. The second-order valence-corrected chi connectivity index (χ2v) is 9.64. The van der Waals surface area contributed by atoms with Crippen molar-refractivity contribution >= 4 is 35.2 Å². The van der Waals surface area contributed by atoms with Crippen LogP contribution in [-0.4, -0.2) is 24.6 Å². The van der Waals surface area contributed by atoms with Gasteiger partial charge in [-0.3, -0.25) is 0 Å². The third-order valence-electron chi connectivity index (χ3n) is 6.48. The molecule has 2 aliphatic carbocycles. The Morgan fingerprint density at radius 2 is 1.80 bits per heavy atom. The zero-order valence-corrected chi connectivity index (χ0v) is 21.0. The van der Waals surface area contributed by atoms with Crippen LogP contribution in [0.3, 0.4) is 0 Å². The number of methoxy groups -OCH3 is 1. The van der Waals surface area contributed by atoms with Crippen LogP contribution in [0.5, 0.6) is 0 Å². The van der Waals surface area contributed by atoms with E-state index in [9.17, 15) is 9.59 Å². The van der Waals surface area contributed by atoms with Gasteiger partial charge < -0.3 is 15.4 Å². The predicted molar refractivity (Wildman–Crippen MR) is 140 cm³/mol. The lowest BCUT2D eigenvalue weighted by molar-refractivity contribution is 0.0600. The van der Waals surface area contributed by atoms with Crippen LogP contribution in [0, 0.1) is 0 Å². The molecule has 2 unspecified atom stereocenters. The summed E-state index contributed by atoms with van der Waals surface area (Å²) in [6.07, 6.45) is 14.5.